The Bertz CT molecular complexity index is 633. The zero-order valence-electron chi connectivity index (χ0n) is 10.6. The molecule has 0 atom stereocenters. The Morgan fingerprint density at radius 3 is 2.45 bits per heavy atom. The van der Waals surface area contributed by atoms with Crippen molar-refractivity contribution >= 4 is 24.3 Å². The highest BCUT2D eigenvalue weighted by atomic mass is 16.6. The Kier molecular flexibility index (Phi) is 4.67. The summed E-state index contributed by atoms with van der Waals surface area (Å²) in [7, 11) is 0. The molecule has 2 aromatic rings. The molecular formula is C16H13NO3. The lowest BCUT2D eigenvalue weighted by Gasteiger charge is -2.02. The number of benzene rings is 2. The summed E-state index contributed by atoms with van der Waals surface area (Å²) in [5.74, 6) is -0.653. The van der Waals surface area contributed by atoms with Gasteiger partial charge in [-0.15, -0.1) is 0 Å². The fourth-order valence-electron chi connectivity index (χ4n) is 1.58. The molecule has 0 fully saturated rings. The normalized spacial score (nSPS) is 11.0. The Morgan fingerprint density at radius 1 is 1.00 bits per heavy atom. The smallest absolute Gasteiger partial charge is 0.350 e. The molecule has 100 valence electrons. The quantitative estimate of drug-likeness (QED) is 0.513. The third kappa shape index (κ3) is 4.10. The van der Waals surface area contributed by atoms with Gasteiger partial charge in [-0.3, -0.25) is 0 Å². The molecule has 0 radical (unpaired) electrons. The van der Waals surface area contributed by atoms with Crippen LogP contribution in [0.15, 0.2) is 59.8 Å². The summed E-state index contributed by atoms with van der Waals surface area (Å²) in [6.45, 7) is 0. The van der Waals surface area contributed by atoms with E-state index >= 15 is 0 Å². The molecule has 0 spiro atoms. The minimum atomic E-state index is -1.15. The lowest BCUT2D eigenvalue weighted by Crippen LogP contribution is -1.97. The summed E-state index contributed by atoms with van der Waals surface area (Å²) in [5.41, 5.74) is 1.88. The first kappa shape index (κ1) is 13.5. The zero-order chi connectivity index (χ0) is 14.2. The molecule has 20 heavy (non-hydrogen) atoms. The van der Waals surface area contributed by atoms with Crippen molar-refractivity contribution in [2.75, 3.05) is 0 Å². The van der Waals surface area contributed by atoms with E-state index in [1.165, 1.54) is 0 Å². The fraction of sp³-hybridized carbons (Fsp3) is 0. The largest absolute Gasteiger partial charge is 0.477 e. The first-order valence-corrected chi connectivity index (χ1v) is 6.01. The van der Waals surface area contributed by atoms with Crippen LogP contribution in [0.3, 0.4) is 0 Å². The molecule has 0 saturated heterocycles. The standard InChI is InChI=1S/C16H13NO3/c18-16(19)12-17-20-15-9-5-4-8-14(15)11-10-13-6-2-1-3-7-13/h1-12H,(H,18,19)/b11-10?,17-12+. The van der Waals surface area contributed by atoms with E-state index in [4.69, 9.17) is 9.94 Å². The molecule has 2 aromatic carbocycles. The number of hydrogen-bond acceptors (Lipinski definition) is 3. The van der Waals surface area contributed by atoms with Gasteiger partial charge in [-0.05, 0) is 11.6 Å². The van der Waals surface area contributed by atoms with Gasteiger partial charge < -0.3 is 9.94 Å². The monoisotopic (exact) mass is 267 g/mol. The van der Waals surface area contributed by atoms with E-state index in [-0.39, 0.29) is 0 Å². The van der Waals surface area contributed by atoms with Crippen LogP contribution < -0.4 is 4.84 Å². The molecule has 4 nitrogen and oxygen atoms in total. The van der Waals surface area contributed by atoms with Gasteiger partial charge in [-0.1, -0.05) is 65.8 Å². The number of oxime groups is 1. The Morgan fingerprint density at radius 2 is 1.70 bits per heavy atom. The average Bonchev–Trinajstić information content (AvgIpc) is 2.47. The third-order valence-corrected chi connectivity index (χ3v) is 2.49. The van der Waals surface area contributed by atoms with Gasteiger partial charge in [-0.2, -0.15) is 0 Å². The first-order chi connectivity index (χ1) is 9.75. The minimum absolute atomic E-state index is 0.497. The maximum absolute atomic E-state index is 10.3. The lowest BCUT2D eigenvalue weighted by molar-refractivity contribution is -0.128. The summed E-state index contributed by atoms with van der Waals surface area (Å²) in [5, 5.41) is 11.9. The highest BCUT2D eigenvalue weighted by Gasteiger charge is 1.99. The highest BCUT2D eigenvalue weighted by Crippen LogP contribution is 2.20. The molecule has 0 saturated carbocycles. The molecule has 4 heteroatoms. The van der Waals surface area contributed by atoms with E-state index in [0.29, 0.717) is 12.0 Å². The Balaban J connectivity index is 2.15. The van der Waals surface area contributed by atoms with Crippen molar-refractivity contribution in [2.24, 2.45) is 5.16 Å². The number of hydrogen-bond donors (Lipinski definition) is 1. The Labute approximate surface area is 116 Å². The van der Waals surface area contributed by atoms with E-state index in [1.54, 1.807) is 12.1 Å². The number of nitrogens with zero attached hydrogens (tertiary/aromatic N) is 1. The molecule has 1 N–H and O–H groups in total. The fourth-order valence-corrected chi connectivity index (χ4v) is 1.58. The van der Waals surface area contributed by atoms with Crippen LogP contribution in [0.1, 0.15) is 11.1 Å². The van der Waals surface area contributed by atoms with E-state index < -0.39 is 5.97 Å². The zero-order valence-corrected chi connectivity index (χ0v) is 10.6. The molecule has 0 unspecified atom stereocenters. The van der Waals surface area contributed by atoms with Crippen LogP contribution >= 0.6 is 0 Å². The SMILES string of the molecule is O=C(O)/C=N/Oc1ccccc1C=Cc1ccccc1. The second-order valence-corrected chi connectivity index (χ2v) is 3.95. The first-order valence-electron chi connectivity index (χ1n) is 6.01. The number of aliphatic carboxylic acids is 1. The van der Waals surface area contributed by atoms with Crippen molar-refractivity contribution in [1.29, 1.82) is 0 Å². The highest BCUT2D eigenvalue weighted by molar-refractivity contribution is 6.21. The van der Waals surface area contributed by atoms with Gasteiger partial charge >= 0.3 is 5.97 Å². The maximum Gasteiger partial charge on any atom is 0.350 e. The van der Waals surface area contributed by atoms with Gasteiger partial charge in [0.25, 0.3) is 0 Å². The van der Waals surface area contributed by atoms with Crippen LogP contribution in [-0.2, 0) is 4.79 Å². The number of carboxylic acids is 1. The van der Waals surface area contributed by atoms with Crippen LogP contribution in [0.2, 0.25) is 0 Å². The molecular weight excluding hydrogens is 254 g/mol. The summed E-state index contributed by atoms with van der Waals surface area (Å²) >= 11 is 0. The number of para-hydroxylation sites is 1. The van der Waals surface area contributed by atoms with E-state index in [1.807, 2.05) is 54.6 Å². The minimum Gasteiger partial charge on any atom is -0.477 e. The molecule has 0 amide bonds. The van der Waals surface area contributed by atoms with Crippen molar-refractivity contribution in [3.05, 3.63) is 65.7 Å². The number of rotatable bonds is 5. The van der Waals surface area contributed by atoms with E-state index in [9.17, 15) is 4.79 Å². The molecule has 0 aliphatic rings. The number of carbonyl (C=O) groups is 1. The topological polar surface area (TPSA) is 58.9 Å². The summed E-state index contributed by atoms with van der Waals surface area (Å²) < 4.78 is 0. The molecule has 2 rings (SSSR count). The van der Waals surface area contributed by atoms with Gasteiger partial charge in [0.2, 0.25) is 0 Å². The molecule has 0 aliphatic carbocycles. The van der Waals surface area contributed by atoms with E-state index in [0.717, 1.165) is 11.1 Å². The van der Waals surface area contributed by atoms with Crippen LogP contribution in [0.5, 0.6) is 5.75 Å². The second-order valence-electron chi connectivity index (χ2n) is 3.95. The van der Waals surface area contributed by atoms with Gasteiger partial charge in [0, 0.05) is 5.56 Å². The average molecular weight is 267 g/mol. The van der Waals surface area contributed by atoms with E-state index in [2.05, 4.69) is 5.16 Å². The van der Waals surface area contributed by atoms with Crippen molar-refractivity contribution in [3.63, 3.8) is 0 Å². The maximum atomic E-state index is 10.3. The van der Waals surface area contributed by atoms with Gasteiger partial charge in [0.15, 0.2) is 12.0 Å². The predicted molar refractivity (Wildman–Crippen MR) is 78.6 cm³/mol. The molecule has 0 aromatic heterocycles. The van der Waals surface area contributed by atoms with Gasteiger partial charge in [0.05, 0.1) is 0 Å². The van der Waals surface area contributed by atoms with Crippen LogP contribution in [0, 0.1) is 0 Å². The van der Waals surface area contributed by atoms with Crippen LogP contribution in [0.4, 0.5) is 0 Å². The lowest BCUT2D eigenvalue weighted by atomic mass is 10.1. The number of carboxylic acid groups (broad SMARTS) is 1. The van der Waals surface area contributed by atoms with Crippen LogP contribution in [-0.4, -0.2) is 17.3 Å². The Hall–Kier alpha value is -2.88. The third-order valence-electron chi connectivity index (χ3n) is 2.49. The summed E-state index contributed by atoms with van der Waals surface area (Å²) in [6.07, 6.45) is 4.54. The summed E-state index contributed by atoms with van der Waals surface area (Å²) in [6, 6.07) is 17.1. The molecule has 0 bridgehead atoms. The van der Waals surface area contributed by atoms with Crippen molar-refractivity contribution in [1.82, 2.24) is 0 Å². The summed E-state index contributed by atoms with van der Waals surface area (Å²) in [4.78, 5) is 15.4. The van der Waals surface area contributed by atoms with Crippen molar-refractivity contribution in [2.45, 2.75) is 0 Å². The van der Waals surface area contributed by atoms with Crippen molar-refractivity contribution in [3.8, 4) is 5.75 Å². The predicted octanol–water partition coefficient (Wildman–Crippen LogP) is 3.31. The van der Waals surface area contributed by atoms with Crippen molar-refractivity contribution < 1.29 is 14.7 Å². The van der Waals surface area contributed by atoms with Gasteiger partial charge in [0.1, 0.15) is 0 Å². The van der Waals surface area contributed by atoms with Gasteiger partial charge in [-0.25, -0.2) is 4.79 Å². The molecule has 0 heterocycles. The molecule has 0 aliphatic heterocycles. The van der Waals surface area contributed by atoms with Crippen LogP contribution in [0.25, 0.3) is 12.2 Å². The second kappa shape index (κ2) is 6.89.